The third-order valence-corrected chi connectivity index (χ3v) is 6.17. The summed E-state index contributed by atoms with van der Waals surface area (Å²) in [6, 6.07) is 10.6. The lowest BCUT2D eigenvalue weighted by Gasteiger charge is -2.31. The Morgan fingerprint density at radius 1 is 1.18 bits per heavy atom. The monoisotopic (exact) mass is 466 g/mol. The number of aromatic nitrogens is 5. The van der Waals surface area contributed by atoms with E-state index < -0.39 is 0 Å². The molecule has 9 nitrogen and oxygen atoms in total. The number of nitrogens with zero attached hydrogens (tertiary/aromatic N) is 7. The van der Waals surface area contributed by atoms with Crippen LogP contribution in [0.5, 0.6) is 0 Å². The molecule has 5 rings (SSSR count). The second-order valence-electron chi connectivity index (χ2n) is 8.79. The molecule has 33 heavy (non-hydrogen) atoms. The molecule has 3 aromatic rings. The molecule has 1 saturated heterocycles. The molecule has 2 fully saturated rings. The van der Waals surface area contributed by atoms with E-state index in [-0.39, 0.29) is 36.1 Å². The van der Waals surface area contributed by atoms with E-state index in [9.17, 15) is 10.1 Å². The molecule has 1 amide bonds. The molecule has 3 heterocycles. The number of halogens is 1. The van der Waals surface area contributed by atoms with E-state index in [0.717, 1.165) is 25.2 Å². The third-order valence-electron chi connectivity index (χ3n) is 6.17. The van der Waals surface area contributed by atoms with Crippen LogP contribution in [0.4, 0.5) is 0 Å². The van der Waals surface area contributed by atoms with E-state index in [1.54, 1.807) is 17.1 Å². The maximum Gasteiger partial charge on any atom is 0.276 e. The Labute approximate surface area is 198 Å². The normalized spacial score (nSPS) is 17.6. The molecule has 10 heteroatoms. The highest BCUT2D eigenvalue weighted by atomic mass is 35.5. The van der Waals surface area contributed by atoms with Crippen molar-refractivity contribution in [2.75, 3.05) is 13.1 Å². The fourth-order valence-electron chi connectivity index (χ4n) is 4.36. The summed E-state index contributed by atoms with van der Waals surface area (Å²) in [4.78, 5) is 15.0. The van der Waals surface area contributed by atoms with Gasteiger partial charge in [0.05, 0.1) is 18.1 Å². The molecule has 0 bridgehead atoms. The van der Waals surface area contributed by atoms with Gasteiger partial charge in [-0.2, -0.15) is 9.94 Å². The van der Waals surface area contributed by atoms with E-state index >= 15 is 0 Å². The third kappa shape index (κ3) is 4.49. The largest absolute Gasteiger partial charge is 0.330 e. The molecule has 1 aliphatic carbocycles. The molecule has 1 aliphatic heterocycles. The van der Waals surface area contributed by atoms with Crippen molar-refractivity contribution in [2.24, 2.45) is 0 Å². The minimum Gasteiger partial charge on any atom is -0.330 e. The van der Waals surface area contributed by atoms with Crippen LogP contribution in [0, 0.1) is 11.3 Å². The number of benzene rings is 1. The number of carbonyl (C=O) groups excluding carboxylic acids is 1. The second-order valence-corrected chi connectivity index (χ2v) is 8.79. The van der Waals surface area contributed by atoms with Crippen LogP contribution in [0.3, 0.4) is 0 Å². The highest BCUT2D eigenvalue weighted by Crippen LogP contribution is 2.40. The van der Waals surface area contributed by atoms with Crippen LogP contribution in [-0.4, -0.2) is 60.8 Å². The molecule has 0 radical (unpaired) electrons. The maximum absolute atomic E-state index is 13.2. The van der Waals surface area contributed by atoms with Gasteiger partial charge < -0.3 is 10.2 Å². The lowest BCUT2D eigenvalue weighted by atomic mass is 10.1. The molecular weight excluding hydrogens is 440 g/mol. The predicted molar refractivity (Wildman–Crippen MR) is 125 cm³/mol. The zero-order valence-electron chi connectivity index (χ0n) is 18.7. The van der Waals surface area contributed by atoms with E-state index in [0.29, 0.717) is 17.3 Å². The molecule has 172 valence electrons. The van der Waals surface area contributed by atoms with E-state index in [4.69, 9.17) is 0 Å². The van der Waals surface area contributed by atoms with Crippen molar-refractivity contribution in [1.82, 2.24) is 35.0 Å². The van der Waals surface area contributed by atoms with Crippen molar-refractivity contribution < 1.29 is 4.79 Å². The number of amides is 1. The molecule has 1 atom stereocenters. The SMILES string of the molecule is CC(C)N(C(=O)c1cn(-c2nn(-c3ccc(C4CC4)cc3)cc2C#N)nn1)[C@H]1CCNC1.Cl. The number of carbonyl (C=O) groups is 1. The Balaban J connectivity index is 0.00000259. The van der Waals surface area contributed by atoms with Gasteiger partial charge in [0, 0.05) is 18.6 Å². The maximum atomic E-state index is 13.2. The van der Waals surface area contributed by atoms with Crippen molar-refractivity contribution in [3.63, 3.8) is 0 Å². The smallest absolute Gasteiger partial charge is 0.276 e. The fraction of sp³-hybridized carbons (Fsp3) is 0.435. The molecule has 1 aromatic carbocycles. The standard InChI is InChI=1S/C23H26N8O.ClH/c1-15(2)31(20-9-10-25-12-20)23(32)21-14-30(28-26-21)22-18(11-24)13-29(27-22)19-7-5-17(6-8-19)16-3-4-16;/h5-8,13-16,20,25H,3-4,9-10,12H2,1-2H3;1H/t20-;/m0./s1. The quantitative estimate of drug-likeness (QED) is 0.599. The average Bonchev–Trinajstić information content (AvgIpc) is 3.19. The Kier molecular flexibility index (Phi) is 6.49. The van der Waals surface area contributed by atoms with Crippen LogP contribution < -0.4 is 5.32 Å². The summed E-state index contributed by atoms with van der Waals surface area (Å²) in [7, 11) is 0. The first kappa shape index (κ1) is 23.0. The topological polar surface area (TPSA) is 105 Å². The summed E-state index contributed by atoms with van der Waals surface area (Å²) in [5.74, 6) is 0.876. The zero-order chi connectivity index (χ0) is 22.2. The second kappa shape index (κ2) is 9.33. The van der Waals surface area contributed by atoms with E-state index in [2.05, 4.69) is 38.9 Å². The summed E-state index contributed by atoms with van der Waals surface area (Å²) in [5, 5.41) is 25.7. The molecule has 2 aliphatic rings. The first-order valence-electron chi connectivity index (χ1n) is 11.1. The zero-order valence-corrected chi connectivity index (χ0v) is 19.5. The van der Waals surface area contributed by atoms with Gasteiger partial charge in [-0.05, 0) is 63.3 Å². The van der Waals surface area contributed by atoms with Gasteiger partial charge in [-0.1, -0.05) is 17.3 Å². The summed E-state index contributed by atoms with van der Waals surface area (Å²) < 4.78 is 3.07. The lowest BCUT2D eigenvalue weighted by Crippen LogP contribution is -2.46. The highest BCUT2D eigenvalue weighted by Gasteiger charge is 2.31. The van der Waals surface area contributed by atoms with Gasteiger partial charge in [0.25, 0.3) is 5.91 Å². The van der Waals surface area contributed by atoms with E-state index in [1.165, 1.54) is 23.1 Å². The van der Waals surface area contributed by atoms with Crippen molar-refractivity contribution >= 4 is 18.3 Å². The molecule has 1 saturated carbocycles. The van der Waals surface area contributed by atoms with Crippen molar-refractivity contribution in [3.05, 3.63) is 53.5 Å². The minimum absolute atomic E-state index is 0. The van der Waals surface area contributed by atoms with Gasteiger partial charge in [-0.3, -0.25) is 4.79 Å². The van der Waals surface area contributed by atoms with Crippen molar-refractivity contribution in [2.45, 2.75) is 51.1 Å². The minimum atomic E-state index is -0.159. The Bertz CT molecular complexity index is 1170. The van der Waals surface area contributed by atoms with Gasteiger partial charge in [-0.15, -0.1) is 22.6 Å². The van der Waals surface area contributed by atoms with Crippen molar-refractivity contribution in [3.8, 4) is 17.6 Å². The molecule has 0 unspecified atom stereocenters. The van der Waals surface area contributed by atoms with Crippen LogP contribution in [0.15, 0.2) is 36.7 Å². The fourth-order valence-corrected chi connectivity index (χ4v) is 4.36. The first-order chi connectivity index (χ1) is 15.5. The lowest BCUT2D eigenvalue weighted by molar-refractivity contribution is 0.0620. The summed E-state index contributed by atoms with van der Waals surface area (Å²) in [6.45, 7) is 5.69. The van der Waals surface area contributed by atoms with Gasteiger partial charge in [0.1, 0.15) is 11.6 Å². The van der Waals surface area contributed by atoms with Crippen LogP contribution >= 0.6 is 12.4 Å². The van der Waals surface area contributed by atoms with Crippen molar-refractivity contribution in [1.29, 1.82) is 5.26 Å². The van der Waals surface area contributed by atoms with Crippen LogP contribution in [-0.2, 0) is 0 Å². The number of hydrogen-bond donors (Lipinski definition) is 1. The molecule has 1 N–H and O–H groups in total. The average molecular weight is 467 g/mol. The van der Waals surface area contributed by atoms with Gasteiger partial charge in [0.15, 0.2) is 11.5 Å². The first-order valence-corrected chi connectivity index (χ1v) is 11.1. The van der Waals surface area contributed by atoms with E-state index in [1.807, 2.05) is 30.9 Å². The molecular formula is C23H27ClN8O. The Morgan fingerprint density at radius 2 is 1.94 bits per heavy atom. The van der Waals surface area contributed by atoms with Gasteiger partial charge in [0.2, 0.25) is 0 Å². The van der Waals surface area contributed by atoms with Crippen LogP contribution in [0.2, 0.25) is 0 Å². The summed E-state index contributed by atoms with van der Waals surface area (Å²) >= 11 is 0. The van der Waals surface area contributed by atoms with Gasteiger partial charge >= 0.3 is 0 Å². The number of rotatable bonds is 6. The predicted octanol–water partition coefficient (Wildman–Crippen LogP) is 2.84. The molecule has 2 aromatic heterocycles. The summed E-state index contributed by atoms with van der Waals surface area (Å²) in [5.41, 5.74) is 2.82. The Morgan fingerprint density at radius 3 is 2.55 bits per heavy atom. The number of hydrogen-bond acceptors (Lipinski definition) is 6. The molecule has 0 spiro atoms. The number of nitrogens with one attached hydrogen (secondary N) is 1. The van der Waals surface area contributed by atoms with Crippen LogP contribution in [0.25, 0.3) is 11.5 Å². The van der Waals surface area contributed by atoms with Gasteiger partial charge in [-0.25, -0.2) is 4.68 Å². The Hall–Kier alpha value is -3.22. The highest BCUT2D eigenvalue weighted by molar-refractivity contribution is 5.92. The van der Waals surface area contributed by atoms with Crippen LogP contribution in [0.1, 0.15) is 60.6 Å². The summed E-state index contributed by atoms with van der Waals surface area (Å²) in [6.07, 6.45) is 6.66. The number of nitriles is 1.